The zero-order valence-corrected chi connectivity index (χ0v) is 22.9. The molecule has 0 saturated carbocycles. The van der Waals surface area contributed by atoms with Crippen LogP contribution < -0.4 is 16.0 Å². The SMILES string of the molecule is O=C(CSc1cccc(NC(=O)/C(=C\c2ccccc2[N+](=O)[O-])NC(=O)c2ccccc2)c1)Nc1ccccc1Cl. The van der Waals surface area contributed by atoms with Crippen molar-refractivity contribution in [1.82, 2.24) is 5.32 Å². The second-order valence-corrected chi connectivity index (χ2v) is 9.95. The van der Waals surface area contributed by atoms with Crippen LogP contribution in [0.5, 0.6) is 0 Å². The van der Waals surface area contributed by atoms with Crippen LogP contribution >= 0.6 is 23.4 Å². The summed E-state index contributed by atoms with van der Waals surface area (Å²) in [5.74, 6) is -1.40. The van der Waals surface area contributed by atoms with E-state index in [1.807, 2.05) is 0 Å². The largest absolute Gasteiger partial charge is 0.324 e. The van der Waals surface area contributed by atoms with Gasteiger partial charge >= 0.3 is 0 Å². The van der Waals surface area contributed by atoms with E-state index in [0.717, 1.165) is 0 Å². The third kappa shape index (κ3) is 8.28. The molecule has 0 heterocycles. The van der Waals surface area contributed by atoms with Gasteiger partial charge in [0, 0.05) is 22.2 Å². The molecule has 206 valence electrons. The van der Waals surface area contributed by atoms with Crippen LogP contribution in [0.2, 0.25) is 5.02 Å². The van der Waals surface area contributed by atoms with E-state index in [2.05, 4.69) is 16.0 Å². The Labute approximate surface area is 244 Å². The van der Waals surface area contributed by atoms with Crippen molar-refractivity contribution < 1.29 is 19.3 Å². The van der Waals surface area contributed by atoms with Gasteiger partial charge in [0.25, 0.3) is 17.5 Å². The molecule has 4 aromatic rings. The Morgan fingerprint density at radius 1 is 0.854 bits per heavy atom. The molecular weight excluding hydrogens is 564 g/mol. The van der Waals surface area contributed by atoms with Gasteiger partial charge in [-0.25, -0.2) is 0 Å². The van der Waals surface area contributed by atoms with E-state index in [9.17, 15) is 24.5 Å². The Morgan fingerprint density at radius 2 is 1.56 bits per heavy atom. The summed E-state index contributed by atoms with van der Waals surface area (Å²) >= 11 is 7.35. The molecule has 4 aromatic carbocycles. The van der Waals surface area contributed by atoms with Crippen LogP contribution in [0.3, 0.4) is 0 Å². The summed E-state index contributed by atoms with van der Waals surface area (Å²) in [7, 11) is 0. The van der Waals surface area contributed by atoms with Gasteiger partial charge in [0.1, 0.15) is 5.70 Å². The number of carbonyl (C=O) groups is 3. The van der Waals surface area contributed by atoms with E-state index in [1.54, 1.807) is 84.9 Å². The Hall–Kier alpha value is -4.93. The number of rotatable bonds is 10. The Kier molecular flexibility index (Phi) is 9.87. The predicted molar refractivity (Wildman–Crippen MR) is 161 cm³/mol. The first-order chi connectivity index (χ1) is 19.8. The van der Waals surface area contributed by atoms with Gasteiger partial charge in [-0.15, -0.1) is 11.8 Å². The third-order valence-corrected chi connectivity index (χ3v) is 6.90. The maximum absolute atomic E-state index is 13.3. The number of nitro benzene ring substituents is 1. The van der Waals surface area contributed by atoms with Gasteiger partial charge in [0.15, 0.2) is 0 Å². The molecule has 41 heavy (non-hydrogen) atoms. The lowest BCUT2D eigenvalue weighted by Crippen LogP contribution is -2.30. The molecule has 0 unspecified atom stereocenters. The van der Waals surface area contributed by atoms with Crippen molar-refractivity contribution in [1.29, 1.82) is 0 Å². The first-order valence-corrected chi connectivity index (χ1v) is 13.6. The molecule has 0 aliphatic carbocycles. The van der Waals surface area contributed by atoms with E-state index >= 15 is 0 Å². The summed E-state index contributed by atoms with van der Waals surface area (Å²) in [5.41, 5.74) is 0.947. The lowest BCUT2D eigenvalue weighted by Gasteiger charge is -2.12. The maximum atomic E-state index is 13.3. The molecule has 0 aliphatic heterocycles. The molecule has 0 aliphatic rings. The van der Waals surface area contributed by atoms with E-state index < -0.39 is 16.7 Å². The zero-order valence-electron chi connectivity index (χ0n) is 21.4. The van der Waals surface area contributed by atoms with Crippen molar-refractivity contribution in [2.75, 3.05) is 16.4 Å². The quantitative estimate of drug-likeness (QED) is 0.0854. The van der Waals surface area contributed by atoms with Crippen LogP contribution in [0.4, 0.5) is 17.1 Å². The van der Waals surface area contributed by atoms with Crippen LogP contribution in [-0.4, -0.2) is 28.4 Å². The molecule has 0 bridgehead atoms. The molecule has 0 saturated heterocycles. The number of anilines is 2. The third-order valence-electron chi connectivity index (χ3n) is 5.57. The van der Waals surface area contributed by atoms with Crippen molar-refractivity contribution in [3.8, 4) is 0 Å². The van der Waals surface area contributed by atoms with Crippen LogP contribution in [0.25, 0.3) is 6.08 Å². The highest BCUT2D eigenvalue weighted by Crippen LogP contribution is 2.25. The predicted octanol–water partition coefficient (Wildman–Crippen LogP) is 6.39. The van der Waals surface area contributed by atoms with Crippen LogP contribution in [0.15, 0.2) is 114 Å². The summed E-state index contributed by atoms with van der Waals surface area (Å²) in [4.78, 5) is 50.3. The second-order valence-electron chi connectivity index (χ2n) is 8.49. The fraction of sp³-hybridized carbons (Fsp3) is 0.0333. The average Bonchev–Trinajstić information content (AvgIpc) is 2.97. The van der Waals surface area contributed by atoms with Crippen molar-refractivity contribution >= 4 is 64.2 Å². The molecule has 3 N–H and O–H groups in total. The number of thioether (sulfide) groups is 1. The molecule has 0 aromatic heterocycles. The number of hydrogen-bond donors (Lipinski definition) is 3. The van der Waals surface area contributed by atoms with Gasteiger partial charge in [-0.2, -0.15) is 0 Å². The fourth-order valence-electron chi connectivity index (χ4n) is 3.63. The standard InChI is InChI=1S/C30H23ClN4O5S/c31-24-14-5-6-15-25(24)33-28(36)19-41-23-13-8-12-22(18-23)32-30(38)26(34-29(37)20-9-2-1-3-10-20)17-21-11-4-7-16-27(21)35(39)40/h1-18H,19H2,(H,32,38)(H,33,36)(H,34,37)/b26-17+. The van der Waals surface area contributed by atoms with Gasteiger partial charge in [0.05, 0.1) is 26.9 Å². The average molecular weight is 587 g/mol. The van der Waals surface area contributed by atoms with Crippen LogP contribution in [0.1, 0.15) is 15.9 Å². The summed E-state index contributed by atoms with van der Waals surface area (Å²) in [5, 5.41) is 20.0. The number of carbonyl (C=O) groups excluding carboxylic acids is 3. The normalized spacial score (nSPS) is 10.9. The summed E-state index contributed by atoms with van der Waals surface area (Å²) in [6, 6.07) is 27.9. The molecule has 0 spiro atoms. The minimum absolute atomic E-state index is 0.0958. The summed E-state index contributed by atoms with van der Waals surface area (Å²) in [6.07, 6.45) is 1.26. The van der Waals surface area contributed by atoms with E-state index in [0.29, 0.717) is 26.9 Å². The number of nitrogens with one attached hydrogen (secondary N) is 3. The molecule has 0 fully saturated rings. The maximum Gasteiger partial charge on any atom is 0.276 e. The molecule has 11 heteroatoms. The van der Waals surface area contributed by atoms with Crippen LogP contribution in [-0.2, 0) is 9.59 Å². The highest BCUT2D eigenvalue weighted by Gasteiger charge is 2.18. The van der Waals surface area contributed by atoms with E-state index in [1.165, 1.54) is 36.0 Å². The van der Waals surface area contributed by atoms with Gasteiger partial charge < -0.3 is 16.0 Å². The van der Waals surface area contributed by atoms with Gasteiger partial charge in [-0.1, -0.05) is 60.1 Å². The van der Waals surface area contributed by atoms with E-state index in [-0.39, 0.29) is 28.6 Å². The minimum atomic E-state index is -0.689. The minimum Gasteiger partial charge on any atom is -0.324 e. The Bertz CT molecular complexity index is 1630. The molecule has 4 rings (SSSR count). The summed E-state index contributed by atoms with van der Waals surface area (Å²) in [6.45, 7) is 0. The molecule has 9 nitrogen and oxygen atoms in total. The number of para-hydroxylation sites is 2. The van der Waals surface area contributed by atoms with Crippen molar-refractivity contribution in [2.24, 2.45) is 0 Å². The van der Waals surface area contributed by atoms with Crippen molar-refractivity contribution in [2.45, 2.75) is 4.90 Å². The molecule has 3 amide bonds. The van der Waals surface area contributed by atoms with E-state index in [4.69, 9.17) is 11.6 Å². The monoisotopic (exact) mass is 586 g/mol. The topological polar surface area (TPSA) is 130 Å². The van der Waals surface area contributed by atoms with Crippen molar-refractivity contribution in [3.05, 3.63) is 135 Å². The molecular formula is C30H23ClN4O5S. The van der Waals surface area contributed by atoms with Crippen molar-refractivity contribution in [3.63, 3.8) is 0 Å². The number of benzene rings is 4. The first-order valence-electron chi connectivity index (χ1n) is 12.2. The lowest BCUT2D eigenvalue weighted by molar-refractivity contribution is -0.385. The highest BCUT2D eigenvalue weighted by atomic mass is 35.5. The van der Waals surface area contributed by atoms with Gasteiger partial charge in [0.2, 0.25) is 5.91 Å². The van der Waals surface area contributed by atoms with Gasteiger partial charge in [-0.05, 0) is 54.6 Å². The Morgan fingerprint density at radius 3 is 2.32 bits per heavy atom. The fourth-order valence-corrected chi connectivity index (χ4v) is 4.57. The molecule has 0 atom stereocenters. The van der Waals surface area contributed by atoms with Gasteiger partial charge in [-0.3, -0.25) is 24.5 Å². The first kappa shape index (κ1) is 29.1. The summed E-state index contributed by atoms with van der Waals surface area (Å²) < 4.78 is 0. The number of nitro groups is 1. The number of nitrogens with zero attached hydrogens (tertiary/aromatic N) is 1. The number of hydrogen-bond acceptors (Lipinski definition) is 6. The highest BCUT2D eigenvalue weighted by molar-refractivity contribution is 8.00. The lowest BCUT2D eigenvalue weighted by atomic mass is 10.1. The second kappa shape index (κ2) is 13.9. The smallest absolute Gasteiger partial charge is 0.276 e. The molecule has 0 radical (unpaired) electrons. The zero-order chi connectivity index (χ0) is 29.2. The van der Waals surface area contributed by atoms with Crippen LogP contribution in [0, 0.1) is 10.1 Å². The Balaban J connectivity index is 1.50. The number of amides is 3. The number of halogens is 1.